The Kier molecular flexibility index (Phi) is 6.40. The second-order valence-corrected chi connectivity index (χ2v) is 11.5. The molecular formula is C34H38N4. The molecule has 2 atom stereocenters. The first-order valence-electron chi connectivity index (χ1n) is 14.3. The maximum absolute atomic E-state index is 3.50. The average Bonchev–Trinajstić information content (AvgIpc) is 3.39. The molecule has 194 valence electrons. The average molecular weight is 503 g/mol. The van der Waals surface area contributed by atoms with Crippen molar-refractivity contribution in [2.75, 3.05) is 46.3 Å². The van der Waals surface area contributed by atoms with E-state index in [0.29, 0.717) is 18.0 Å². The Balaban J connectivity index is 1.03. The van der Waals surface area contributed by atoms with Gasteiger partial charge in [0.15, 0.2) is 0 Å². The number of benzene rings is 3. The molecular weight excluding hydrogens is 464 g/mol. The molecule has 1 aliphatic carbocycles. The normalized spacial score (nSPS) is 22.5. The fraction of sp³-hybridized carbons (Fsp3) is 0.353. The number of likely N-dealkylation sites (N-methyl/N-ethyl adjacent to an activating group) is 1. The van der Waals surface area contributed by atoms with Crippen LogP contribution in [0.1, 0.15) is 34.7 Å². The Morgan fingerprint density at radius 1 is 0.842 bits per heavy atom. The summed E-state index contributed by atoms with van der Waals surface area (Å²) < 4.78 is 0. The maximum Gasteiger partial charge on any atom is 0.0602 e. The van der Waals surface area contributed by atoms with Gasteiger partial charge in [-0.15, -0.1) is 0 Å². The number of nitrogens with one attached hydrogen (secondary N) is 1. The van der Waals surface area contributed by atoms with Crippen LogP contribution >= 0.6 is 0 Å². The van der Waals surface area contributed by atoms with Gasteiger partial charge in [0.2, 0.25) is 0 Å². The van der Waals surface area contributed by atoms with Gasteiger partial charge in [-0.2, -0.15) is 0 Å². The molecule has 4 nitrogen and oxygen atoms in total. The van der Waals surface area contributed by atoms with Gasteiger partial charge in [0.05, 0.1) is 6.04 Å². The van der Waals surface area contributed by atoms with E-state index >= 15 is 0 Å². The number of aromatic amines is 1. The lowest BCUT2D eigenvalue weighted by Gasteiger charge is -2.42. The number of H-pyrrole nitrogens is 1. The topological polar surface area (TPSA) is 25.5 Å². The first-order valence-corrected chi connectivity index (χ1v) is 14.3. The number of rotatable bonds is 6. The zero-order chi connectivity index (χ0) is 25.5. The van der Waals surface area contributed by atoms with E-state index in [2.05, 4.69) is 118 Å². The lowest BCUT2D eigenvalue weighted by atomic mass is 9.79. The molecule has 1 saturated heterocycles. The van der Waals surface area contributed by atoms with Crippen LogP contribution in [0.2, 0.25) is 0 Å². The van der Waals surface area contributed by atoms with E-state index in [0.717, 1.165) is 39.1 Å². The highest BCUT2D eigenvalue weighted by atomic mass is 15.3. The van der Waals surface area contributed by atoms with E-state index in [1.807, 2.05) is 0 Å². The third kappa shape index (κ3) is 4.41. The van der Waals surface area contributed by atoms with Gasteiger partial charge in [0.25, 0.3) is 0 Å². The van der Waals surface area contributed by atoms with Crippen LogP contribution in [0.4, 0.5) is 0 Å². The Morgan fingerprint density at radius 3 is 2.26 bits per heavy atom. The summed E-state index contributed by atoms with van der Waals surface area (Å²) in [5, 5.41) is 1.45. The van der Waals surface area contributed by atoms with Gasteiger partial charge in [-0.25, -0.2) is 0 Å². The molecule has 0 spiro atoms. The molecule has 0 saturated carbocycles. The molecule has 0 amide bonds. The lowest BCUT2D eigenvalue weighted by molar-refractivity contribution is 0.104. The third-order valence-corrected chi connectivity index (χ3v) is 9.16. The molecule has 38 heavy (non-hydrogen) atoms. The summed E-state index contributed by atoms with van der Waals surface area (Å²) in [5.41, 5.74) is 8.56. The monoisotopic (exact) mass is 502 g/mol. The van der Waals surface area contributed by atoms with Crippen LogP contribution in [0.25, 0.3) is 16.5 Å². The second-order valence-electron chi connectivity index (χ2n) is 11.5. The minimum absolute atomic E-state index is 0.334. The largest absolute Gasteiger partial charge is 0.361 e. The Bertz CT molecular complexity index is 1380. The van der Waals surface area contributed by atoms with Crippen molar-refractivity contribution in [1.82, 2.24) is 19.7 Å². The van der Waals surface area contributed by atoms with Gasteiger partial charge in [-0.1, -0.05) is 78.9 Å². The summed E-state index contributed by atoms with van der Waals surface area (Å²) in [6.45, 7) is 6.85. The predicted octanol–water partition coefficient (Wildman–Crippen LogP) is 5.83. The van der Waals surface area contributed by atoms with Crippen LogP contribution in [0.5, 0.6) is 0 Å². The van der Waals surface area contributed by atoms with Gasteiger partial charge in [-0.05, 0) is 66.2 Å². The first kappa shape index (κ1) is 23.9. The van der Waals surface area contributed by atoms with E-state index < -0.39 is 0 Å². The molecule has 0 radical (unpaired) electrons. The zero-order valence-electron chi connectivity index (χ0n) is 22.4. The molecule has 1 fully saturated rings. The molecule has 1 N–H and O–H groups in total. The van der Waals surface area contributed by atoms with Crippen molar-refractivity contribution in [3.63, 3.8) is 0 Å². The third-order valence-electron chi connectivity index (χ3n) is 9.16. The van der Waals surface area contributed by atoms with Crippen LogP contribution < -0.4 is 0 Å². The summed E-state index contributed by atoms with van der Waals surface area (Å²) in [5.74, 6) is 0.612. The molecule has 3 aliphatic rings. The summed E-state index contributed by atoms with van der Waals surface area (Å²) in [6.07, 6.45) is 7.21. The van der Waals surface area contributed by atoms with Crippen molar-refractivity contribution in [2.24, 2.45) is 5.92 Å². The van der Waals surface area contributed by atoms with Crippen molar-refractivity contribution < 1.29 is 0 Å². The minimum Gasteiger partial charge on any atom is -0.361 e. The molecule has 3 heterocycles. The molecule has 0 bridgehead atoms. The fourth-order valence-electron chi connectivity index (χ4n) is 7.21. The minimum atomic E-state index is 0.334. The predicted molar refractivity (Wildman–Crippen MR) is 157 cm³/mol. The van der Waals surface area contributed by atoms with Crippen LogP contribution in [0, 0.1) is 5.92 Å². The van der Waals surface area contributed by atoms with E-state index in [1.54, 1.807) is 5.57 Å². The fourth-order valence-corrected chi connectivity index (χ4v) is 7.21. The van der Waals surface area contributed by atoms with Crippen LogP contribution in [0.3, 0.4) is 0 Å². The molecule has 2 aliphatic heterocycles. The summed E-state index contributed by atoms with van der Waals surface area (Å²) >= 11 is 0. The van der Waals surface area contributed by atoms with Crippen molar-refractivity contribution >= 4 is 16.5 Å². The summed E-state index contributed by atoms with van der Waals surface area (Å²) in [7, 11) is 2.33. The van der Waals surface area contributed by atoms with Crippen LogP contribution in [-0.2, 0) is 6.42 Å². The molecule has 4 aromatic rings. The van der Waals surface area contributed by atoms with Crippen LogP contribution in [-0.4, -0.2) is 72.0 Å². The summed E-state index contributed by atoms with van der Waals surface area (Å²) in [6, 6.07) is 29.7. The number of hydrogen-bond donors (Lipinski definition) is 1. The lowest BCUT2D eigenvalue weighted by Crippen LogP contribution is -2.48. The SMILES string of the molecule is CN1C[C@H](CCN2CCN(C(c3ccccc3)c3ccccc3)CC2)C=C2c3cccc4[nH]cc(c34)C[C@H]21. The highest BCUT2D eigenvalue weighted by molar-refractivity contribution is 5.98. The van der Waals surface area contributed by atoms with E-state index in [4.69, 9.17) is 0 Å². The maximum atomic E-state index is 3.50. The molecule has 3 aromatic carbocycles. The van der Waals surface area contributed by atoms with E-state index in [1.165, 1.54) is 46.1 Å². The highest BCUT2D eigenvalue weighted by Gasteiger charge is 2.34. The van der Waals surface area contributed by atoms with Crippen molar-refractivity contribution in [1.29, 1.82) is 0 Å². The summed E-state index contributed by atoms with van der Waals surface area (Å²) in [4.78, 5) is 11.5. The van der Waals surface area contributed by atoms with E-state index in [-0.39, 0.29) is 0 Å². The quantitative estimate of drug-likeness (QED) is 0.359. The van der Waals surface area contributed by atoms with Crippen molar-refractivity contribution in [3.05, 3.63) is 113 Å². The second kappa shape index (κ2) is 10.2. The van der Waals surface area contributed by atoms with Crippen molar-refractivity contribution in [2.45, 2.75) is 24.9 Å². The van der Waals surface area contributed by atoms with Gasteiger partial charge in [0, 0.05) is 55.9 Å². The zero-order valence-corrected chi connectivity index (χ0v) is 22.4. The Labute approximate surface area is 226 Å². The standard InChI is InChI=1S/C34H38N4/c1-36-24-25(21-30-29-13-8-14-31-33(29)28(23-35-31)22-32(30)36)15-16-37-17-19-38(20-18-37)34(26-9-4-2-5-10-26)27-11-6-3-7-12-27/h2-14,21,23,25,32,34-35H,15-20,22,24H2,1H3/t25-,32-/m1/s1. The number of hydrogen-bond acceptors (Lipinski definition) is 3. The first-order chi connectivity index (χ1) is 18.7. The molecule has 7 rings (SSSR count). The Morgan fingerprint density at radius 2 is 1.55 bits per heavy atom. The number of nitrogens with zero attached hydrogens (tertiary/aromatic N) is 3. The van der Waals surface area contributed by atoms with Crippen molar-refractivity contribution in [3.8, 4) is 0 Å². The molecule has 0 unspecified atom stereocenters. The van der Waals surface area contributed by atoms with Gasteiger partial charge < -0.3 is 9.88 Å². The number of aromatic nitrogens is 1. The van der Waals surface area contributed by atoms with Gasteiger partial charge >= 0.3 is 0 Å². The van der Waals surface area contributed by atoms with E-state index in [9.17, 15) is 0 Å². The van der Waals surface area contributed by atoms with Crippen LogP contribution in [0.15, 0.2) is 91.1 Å². The number of fused-ring (bicyclic) bond motifs is 2. The number of piperazine rings is 1. The highest BCUT2D eigenvalue weighted by Crippen LogP contribution is 2.41. The Hall–Kier alpha value is -3.18. The molecule has 4 heteroatoms. The van der Waals surface area contributed by atoms with Gasteiger partial charge in [-0.3, -0.25) is 9.80 Å². The van der Waals surface area contributed by atoms with Gasteiger partial charge in [0.1, 0.15) is 0 Å². The smallest absolute Gasteiger partial charge is 0.0602 e. The molecule has 1 aromatic heterocycles.